The predicted octanol–water partition coefficient (Wildman–Crippen LogP) is 10.1. The van der Waals surface area contributed by atoms with E-state index in [9.17, 15) is 0 Å². The number of allylic oxidation sites excluding steroid dienone is 7. The van der Waals surface area contributed by atoms with Crippen LogP contribution >= 0.6 is 11.6 Å². The summed E-state index contributed by atoms with van der Waals surface area (Å²) in [5.74, 6) is 0. The summed E-state index contributed by atoms with van der Waals surface area (Å²) in [5, 5.41) is 8.15. The normalized spacial score (nSPS) is 16.4. The van der Waals surface area contributed by atoms with Gasteiger partial charge in [0, 0.05) is 27.8 Å². The van der Waals surface area contributed by atoms with Gasteiger partial charge in [0.15, 0.2) is 0 Å². The van der Waals surface area contributed by atoms with E-state index in [1.807, 2.05) is 12.1 Å². The number of hydrogen-bond donors (Lipinski definition) is 2. The zero-order valence-electron chi connectivity index (χ0n) is 22.0. The van der Waals surface area contributed by atoms with Crippen LogP contribution in [-0.4, -0.2) is 0 Å². The fourth-order valence-electron chi connectivity index (χ4n) is 4.72. The lowest BCUT2D eigenvalue weighted by molar-refractivity contribution is 0.788. The van der Waals surface area contributed by atoms with Gasteiger partial charge in [-0.15, -0.1) is 0 Å². The Bertz CT molecular complexity index is 1240. The summed E-state index contributed by atoms with van der Waals surface area (Å²) in [4.78, 5) is 0. The van der Waals surface area contributed by atoms with Gasteiger partial charge in [-0.2, -0.15) is 0 Å². The van der Waals surface area contributed by atoms with E-state index >= 15 is 0 Å². The molecule has 4 rings (SSSR count). The number of benzene rings is 2. The van der Waals surface area contributed by atoms with Gasteiger partial charge in [-0.1, -0.05) is 62.7 Å². The second-order valence-electron chi connectivity index (χ2n) is 9.86. The monoisotopic (exact) mass is 498 g/mol. The first-order valence-corrected chi connectivity index (χ1v) is 13.8. The number of halogens is 1. The highest BCUT2D eigenvalue weighted by Gasteiger charge is 2.19. The van der Waals surface area contributed by atoms with E-state index < -0.39 is 0 Å². The Morgan fingerprint density at radius 3 is 2.61 bits per heavy atom. The van der Waals surface area contributed by atoms with Gasteiger partial charge < -0.3 is 10.6 Å². The largest absolute Gasteiger partial charge is 0.359 e. The summed E-state index contributed by atoms with van der Waals surface area (Å²) in [5.41, 5.74) is 13.0. The van der Waals surface area contributed by atoms with Crippen LogP contribution in [0.25, 0.3) is 6.08 Å². The molecule has 1 aliphatic carbocycles. The summed E-state index contributed by atoms with van der Waals surface area (Å²) in [6, 6.07) is 12.9. The van der Waals surface area contributed by atoms with Crippen LogP contribution in [0.3, 0.4) is 0 Å². The second kappa shape index (κ2) is 12.3. The van der Waals surface area contributed by atoms with Crippen LogP contribution in [0.15, 0.2) is 89.3 Å². The third-order valence-electron chi connectivity index (χ3n) is 7.03. The molecule has 0 atom stereocenters. The molecule has 0 spiro atoms. The molecule has 36 heavy (non-hydrogen) atoms. The van der Waals surface area contributed by atoms with Crippen molar-refractivity contribution < 1.29 is 0 Å². The van der Waals surface area contributed by atoms with Crippen LogP contribution in [0.5, 0.6) is 0 Å². The molecule has 3 heteroatoms. The molecule has 1 fully saturated rings. The lowest BCUT2D eigenvalue weighted by Gasteiger charge is -2.22. The molecular weight excluding hydrogens is 460 g/mol. The second-order valence-corrected chi connectivity index (χ2v) is 10.3. The number of nitrogens with one attached hydrogen (secondary N) is 2. The van der Waals surface area contributed by atoms with Crippen molar-refractivity contribution in [2.45, 2.75) is 72.1 Å². The highest BCUT2D eigenvalue weighted by molar-refractivity contribution is 6.30. The summed E-state index contributed by atoms with van der Waals surface area (Å²) in [7, 11) is 0. The van der Waals surface area contributed by atoms with Gasteiger partial charge in [-0.3, -0.25) is 0 Å². The number of aryl methyl sites for hydroxylation is 2. The van der Waals surface area contributed by atoms with Gasteiger partial charge in [-0.25, -0.2) is 0 Å². The van der Waals surface area contributed by atoms with Crippen LogP contribution < -0.4 is 10.6 Å². The molecule has 0 amide bonds. The molecule has 2 N–H and O–H groups in total. The minimum absolute atomic E-state index is 0.790. The zero-order valence-corrected chi connectivity index (χ0v) is 22.8. The van der Waals surface area contributed by atoms with Crippen LogP contribution in [-0.2, 0) is 6.42 Å². The molecule has 0 radical (unpaired) electrons. The topological polar surface area (TPSA) is 24.1 Å². The van der Waals surface area contributed by atoms with Crippen molar-refractivity contribution in [1.29, 1.82) is 0 Å². The average Bonchev–Trinajstić information content (AvgIpc) is 3.72. The van der Waals surface area contributed by atoms with Gasteiger partial charge in [-0.05, 0) is 122 Å². The Morgan fingerprint density at radius 2 is 1.89 bits per heavy atom. The van der Waals surface area contributed by atoms with E-state index in [-0.39, 0.29) is 0 Å². The van der Waals surface area contributed by atoms with Gasteiger partial charge in [0.1, 0.15) is 0 Å². The Kier molecular flexibility index (Phi) is 8.93. The average molecular weight is 499 g/mol. The Balaban J connectivity index is 1.64. The smallest absolute Gasteiger partial charge is 0.0435 e. The Labute approximate surface area is 222 Å². The summed E-state index contributed by atoms with van der Waals surface area (Å²) >= 11 is 6.34. The van der Waals surface area contributed by atoms with Crippen LogP contribution in [0.2, 0.25) is 5.02 Å². The van der Waals surface area contributed by atoms with Crippen molar-refractivity contribution in [3.63, 3.8) is 0 Å². The number of unbranched alkanes of at least 4 members (excludes halogenated alkanes) is 1. The molecule has 1 aliphatic heterocycles. The fourth-order valence-corrected chi connectivity index (χ4v) is 4.90. The van der Waals surface area contributed by atoms with Crippen molar-refractivity contribution in [3.8, 4) is 0 Å². The highest BCUT2D eigenvalue weighted by Crippen LogP contribution is 2.36. The maximum atomic E-state index is 6.34. The van der Waals surface area contributed by atoms with Crippen LogP contribution in [0.1, 0.15) is 75.5 Å². The van der Waals surface area contributed by atoms with Crippen LogP contribution in [0.4, 0.5) is 11.4 Å². The number of hydrogen-bond acceptors (Lipinski definition) is 2. The Morgan fingerprint density at radius 1 is 1.06 bits per heavy atom. The molecule has 0 aromatic heterocycles. The first kappa shape index (κ1) is 26.1. The minimum Gasteiger partial charge on any atom is -0.359 e. The molecule has 2 aromatic rings. The number of anilines is 2. The van der Waals surface area contributed by atoms with E-state index in [0.717, 1.165) is 36.4 Å². The van der Waals surface area contributed by atoms with E-state index in [0.29, 0.717) is 0 Å². The predicted molar refractivity (Wildman–Crippen MR) is 159 cm³/mol. The number of rotatable bonds is 10. The first-order valence-electron chi connectivity index (χ1n) is 13.4. The first-order chi connectivity index (χ1) is 17.5. The molecule has 2 aromatic carbocycles. The minimum atomic E-state index is 0.790. The van der Waals surface area contributed by atoms with Gasteiger partial charge in [0.05, 0.1) is 0 Å². The maximum absolute atomic E-state index is 6.34. The van der Waals surface area contributed by atoms with Gasteiger partial charge in [0.2, 0.25) is 0 Å². The molecule has 2 nitrogen and oxygen atoms in total. The van der Waals surface area contributed by atoms with Gasteiger partial charge >= 0.3 is 0 Å². The maximum Gasteiger partial charge on any atom is 0.0435 e. The standard InChI is InChI=1S/C33H39ClN2/c1-5-8-10-27(19-28-20-29(34)16-11-23(28)4)24(7-3)21-32(25-12-13-25)36-31-18-15-26-14-17-30(9-6-2)35-33(26)22-31/h6,9,11,15-16,18-22,35-36H,2,5,7-8,10,12-14,17H2,1,3-4H3/b24-21+,27-19+,30-9-. The van der Waals surface area contributed by atoms with E-state index in [2.05, 4.69) is 86.5 Å². The summed E-state index contributed by atoms with van der Waals surface area (Å²) in [6.07, 6.45) is 17.6. The quantitative estimate of drug-likeness (QED) is 0.318. The molecule has 1 heterocycles. The molecule has 0 bridgehead atoms. The van der Waals surface area contributed by atoms with E-state index in [1.165, 1.54) is 76.2 Å². The molecule has 188 valence electrons. The molecule has 0 unspecified atom stereocenters. The van der Waals surface area contributed by atoms with Crippen molar-refractivity contribution in [2.24, 2.45) is 0 Å². The molecule has 2 aliphatic rings. The summed E-state index contributed by atoms with van der Waals surface area (Å²) in [6.45, 7) is 10.5. The van der Waals surface area contributed by atoms with Gasteiger partial charge in [0.25, 0.3) is 0 Å². The van der Waals surface area contributed by atoms with Crippen LogP contribution in [0, 0.1) is 6.92 Å². The van der Waals surface area contributed by atoms with Crippen molar-refractivity contribution in [2.75, 3.05) is 10.6 Å². The fraction of sp³-hybridized carbons (Fsp3) is 0.333. The lowest BCUT2D eigenvalue weighted by Crippen LogP contribution is -2.10. The Hall–Kier alpha value is -2.97. The van der Waals surface area contributed by atoms with Crippen molar-refractivity contribution in [3.05, 3.63) is 111 Å². The molecule has 1 saturated carbocycles. The SMILES string of the molecule is C=C/C=C1/CCc2ccc(NC(/C=C(CC)/C(=C/c3cc(Cl)ccc3C)CCCC)=C3CC3)cc2N1. The van der Waals surface area contributed by atoms with E-state index in [1.54, 1.807) is 0 Å². The highest BCUT2D eigenvalue weighted by atomic mass is 35.5. The number of fused-ring (bicyclic) bond motifs is 1. The third kappa shape index (κ3) is 6.83. The lowest BCUT2D eigenvalue weighted by atomic mass is 9.93. The van der Waals surface area contributed by atoms with Crippen molar-refractivity contribution in [1.82, 2.24) is 0 Å². The molecular formula is C33H39ClN2. The molecule has 0 saturated heterocycles. The zero-order chi connectivity index (χ0) is 25.5. The third-order valence-corrected chi connectivity index (χ3v) is 7.27. The van der Waals surface area contributed by atoms with Crippen molar-refractivity contribution >= 4 is 29.1 Å². The van der Waals surface area contributed by atoms with E-state index in [4.69, 9.17) is 11.6 Å². The summed E-state index contributed by atoms with van der Waals surface area (Å²) < 4.78 is 0.